The highest BCUT2D eigenvalue weighted by molar-refractivity contribution is 5.95. The molecule has 1 aromatic carbocycles. The van der Waals surface area contributed by atoms with Gasteiger partial charge in [0.15, 0.2) is 0 Å². The Morgan fingerprint density at radius 3 is 2.26 bits per heavy atom. The molecule has 1 aliphatic rings. The topological polar surface area (TPSA) is 131 Å². The van der Waals surface area contributed by atoms with Crippen molar-refractivity contribution in [1.29, 1.82) is 0 Å². The third-order valence-electron chi connectivity index (χ3n) is 5.62. The zero-order valence-electron chi connectivity index (χ0n) is 20.9. The second kappa shape index (κ2) is 12.2. The summed E-state index contributed by atoms with van der Waals surface area (Å²) >= 11 is 0. The summed E-state index contributed by atoms with van der Waals surface area (Å²) in [5.74, 6) is -2.07. The van der Waals surface area contributed by atoms with Crippen molar-refractivity contribution in [2.75, 3.05) is 0 Å². The van der Waals surface area contributed by atoms with E-state index in [1.54, 1.807) is 32.9 Å². The van der Waals surface area contributed by atoms with Crippen molar-refractivity contribution in [3.63, 3.8) is 0 Å². The lowest BCUT2D eigenvalue weighted by atomic mass is 9.94. The normalized spacial score (nSPS) is 15.7. The molecular formula is C26H36N4O5. The van der Waals surface area contributed by atoms with Crippen LogP contribution in [0.5, 0.6) is 0 Å². The molecule has 0 aromatic heterocycles. The minimum atomic E-state index is -1.41. The average molecular weight is 485 g/mol. The fourth-order valence-corrected chi connectivity index (χ4v) is 3.98. The number of rotatable bonds is 8. The van der Waals surface area contributed by atoms with Crippen LogP contribution in [0, 0.1) is 19.4 Å². The fraction of sp³-hybridized carbons (Fsp3) is 0.538. The Balaban J connectivity index is 2.37. The molecule has 2 atom stereocenters. The van der Waals surface area contributed by atoms with Crippen molar-refractivity contribution in [2.24, 2.45) is 5.73 Å². The number of amides is 4. The van der Waals surface area contributed by atoms with Crippen molar-refractivity contribution in [3.05, 3.63) is 35.4 Å². The summed E-state index contributed by atoms with van der Waals surface area (Å²) < 4.78 is 5.22. The van der Waals surface area contributed by atoms with E-state index in [1.165, 1.54) is 0 Å². The molecule has 2 rings (SSSR count). The molecule has 0 heterocycles. The SMILES string of the molecule is C#CN(C(=O)C(CC(N)=O)NC(=O)OC(C)(C)C)C(C(=O)NC1CCCCC1)c1ccc(C)cc1. The van der Waals surface area contributed by atoms with Crippen LogP contribution in [-0.4, -0.2) is 46.4 Å². The molecule has 9 heteroatoms. The average Bonchev–Trinajstić information content (AvgIpc) is 2.76. The first kappa shape index (κ1) is 27.7. The molecule has 190 valence electrons. The lowest BCUT2D eigenvalue weighted by molar-refractivity contribution is -0.139. The van der Waals surface area contributed by atoms with Gasteiger partial charge in [-0.2, -0.15) is 0 Å². The maximum absolute atomic E-state index is 13.5. The first-order valence-electron chi connectivity index (χ1n) is 11.9. The summed E-state index contributed by atoms with van der Waals surface area (Å²) in [5, 5.41) is 5.40. The molecule has 1 saturated carbocycles. The predicted molar refractivity (Wildman–Crippen MR) is 132 cm³/mol. The van der Waals surface area contributed by atoms with E-state index in [1.807, 2.05) is 19.1 Å². The Labute approximate surface area is 207 Å². The minimum absolute atomic E-state index is 0.0137. The summed E-state index contributed by atoms with van der Waals surface area (Å²) in [6.07, 6.45) is 9.15. The molecule has 4 N–H and O–H groups in total. The lowest BCUT2D eigenvalue weighted by Gasteiger charge is -2.32. The third-order valence-corrected chi connectivity index (χ3v) is 5.62. The van der Waals surface area contributed by atoms with Crippen molar-refractivity contribution in [3.8, 4) is 12.5 Å². The van der Waals surface area contributed by atoms with Gasteiger partial charge in [0.25, 0.3) is 5.91 Å². The summed E-state index contributed by atoms with van der Waals surface area (Å²) in [7, 11) is 0. The summed E-state index contributed by atoms with van der Waals surface area (Å²) in [6.45, 7) is 6.88. The highest BCUT2D eigenvalue weighted by Gasteiger charge is 2.37. The van der Waals surface area contributed by atoms with Crippen LogP contribution in [-0.2, 0) is 19.1 Å². The van der Waals surface area contributed by atoms with Gasteiger partial charge >= 0.3 is 6.09 Å². The Bertz CT molecular complexity index is 955. The quantitative estimate of drug-likeness (QED) is 0.386. The Morgan fingerprint density at radius 1 is 1.14 bits per heavy atom. The Morgan fingerprint density at radius 2 is 1.74 bits per heavy atom. The van der Waals surface area contributed by atoms with E-state index in [2.05, 4.69) is 16.7 Å². The number of hydrogen-bond donors (Lipinski definition) is 3. The molecule has 0 bridgehead atoms. The minimum Gasteiger partial charge on any atom is -0.444 e. The molecule has 35 heavy (non-hydrogen) atoms. The van der Waals surface area contributed by atoms with Gasteiger partial charge in [-0.15, -0.1) is 0 Å². The zero-order valence-corrected chi connectivity index (χ0v) is 20.9. The number of ether oxygens (including phenoxy) is 1. The molecule has 1 aromatic rings. The van der Waals surface area contributed by atoms with Crippen LogP contribution in [0.1, 0.15) is 76.5 Å². The largest absolute Gasteiger partial charge is 0.444 e. The van der Waals surface area contributed by atoms with Gasteiger partial charge in [-0.1, -0.05) is 55.5 Å². The summed E-state index contributed by atoms with van der Waals surface area (Å²) in [5.41, 5.74) is 5.97. The number of benzene rings is 1. The third kappa shape index (κ3) is 8.63. The van der Waals surface area contributed by atoms with E-state index in [9.17, 15) is 19.2 Å². The number of nitrogens with one attached hydrogen (secondary N) is 2. The number of aryl methyl sites for hydroxylation is 1. The number of alkyl carbamates (subject to hydrolysis) is 1. The van der Waals surface area contributed by atoms with E-state index in [4.69, 9.17) is 16.9 Å². The summed E-state index contributed by atoms with van der Waals surface area (Å²) in [6, 6.07) is 6.78. The van der Waals surface area contributed by atoms with Gasteiger partial charge in [0.2, 0.25) is 11.8 Å². The Hall–Kier alpha value is -3.54. The highest BCUT2D eigenvalue weighted by atomic mass is 16.6. The molecule has 1 aliphatic carbocycles. The number of carbonyl (C=O) groups is 4. The monoisotopic (exact) mass is 484 g/mol. The first-order valence-corrected chi connectivity index (χ1v) is 11.9. The number of terminal acetylenes is 1. The number of nitrogens with zero attached hydrogens (tertiary/aromatic N) is 1. The van der Waals surface area contributed by atoms with Crippen LogP contribution in [0.4, 0.5) is 4.79 Å². The second-order valence-electron chi connectivity index (χ2n) is 9.86. The van der Waals surface area contributed by atoms with Crippen molar-refractivity contribution < 1.29 is 23.9 Å². The van der Waals surface area contributed by atoms with Crippen LogP contribution in [0.25, 0.3) is 0 Å². The first-order chi connectivity index (χ1) is 16.4. The van der Waals surface area contributed by atoms with Gasteiger partial charge in [-0.3, -0.25) is 19.3 Å². The van der Waals surface area contributed by atoms with Gasteiger partial charge in [0.1, 0.15) is 17.7 Å². The number of primary amides is 1. The van der Waals surface area contributed by atoms with E-state index in [0.717, 1.165) is 42.6 Å². The molecule has 0 radical (unpaired) electrons. The van der Waals surface area contributed by atoms with Crippen LogP contribution in [0.15, 0.2) is 24.3 Å². The Kier molecular flexibility index (Phi) is 9.69. The molecule has 0 aliphatic heterocycles. The van der Waals surface area contributed by atoms with Crippen LogP contribution in [0.3, 0.4) is 0 Å². The van der Waals surface area contributed by atoms with Gasteiger partial charge in [-0.05, 0) is 46.1 Å². The number of carbonyl (C=O) groups excluding carboxylic acids is 4. The van der Waals surface area contributed by atoms with E-state index < -0.39 is 47.9 Å². The summed E-state index contributed by atoms with van der Waals surface area (Å²) in [4.78, 5) is 51.9. The smallest absolute Gasteiger partial charge is 0.408 e. The van der Waals surface area contributed by atoms with Crippen molar-refractivity contribution >= 4 is 23.8 Å². The van der Waals surface area contributed by atoms with Gasteiger partial charge in [-0.25, -0.2) is 4.79 Å². The van der Waals surface area contributed by atoms with Gasteiger partial charge in [0.05, 0.1) is 6.42 Å². The molecule has 0 saturated heterocycles. The van der Waals surface area contributed by atoms with Crippen LogP contribution in [0.2, 0.25) is 0 Å². The molecular weight excluding hydrogens is 448 g/mol. The number of hydrogen-bond acceptors (Lipinski definition) is 5. The van der Waals surface area contributed by atoms with Gasteiger partial charge < -0.3 is 21.1 Å². The molecule has 4 amide bonds. The standard InChI is InChI=1S/C26H36N4O5/c1-6-30(24(33)20(16-21(27)31)29-25(34)35-26(3,4)5)22(18-14-12-17(2)13-15-18)23(32)28-19-10-8-7-9-11-19/h1,12-15,19-20,22H,7-11,16H2,2-5H3,(H2,27,31)(H,28,32)(H,29,34). The predicted octanol–water partition coefficient (Wildman–Crippen LogP) is 2.67. The molecule has 0 spiro atoms. The molecule has 2 unspecified atom stereocenters. The fourth-order valence-electron chi connectivity index (χ4n) is 3.98. The number of nitrogens with two attached hydrogens (primary N) is 1. The maximum atomic E-state index is 13.5. The highest BCUT2D eigenvalue weighted by Crippen LogP contribution is 2.25. The van der Waals surface area contributed by atoms with Crippen LogP contribution >= 0.6 is 0 Å². The van der Waals surface area contributed by atoms with Crippen LogP contribution < -0.4 is 16.4 Å². The lowest BCUT2D eigenvalue weighted by Crippen LogP contribution is -2.53. The van der Waals surface area contributed by atoms with E-state index in [-0.39, 0.29) is 6.04 Å². The van der Waals surface area contributed by atoms with E-state index in [0.29, 0.717) is 5.56 Å². The zero-order chi connectivity index (χ0) is 26.2. The van der Waals surface area contributed by atoms with Crippen molar-refractivity contribution in [2.45, 2.75) is 89.9 Å². The molecule has 1 fully saturated rings. The molecule has 9 nitrogen and oxygen atoms in total. The van der Waals surface area contributed by atoms with E-state index >= 15 is 0 Å². The maximum Gasteiger partial charge on any atom is 0.408 e. The second-order valence-corrected chi connectivity index (χ2v) is 9.86. The van der Waals surface area contributed by atoms with Gasteiger partial charge in [0, 0.05) is 12.1 Å². The van der Waals surface area contributed by atoms with Crippen molar-refractivity contribution in [1.82, 2.24) is 15.5 Å².